The summed E-state index contributed by atoms with van der Waals surface area (Å²) in [6, 6.07) is 11.8. The highest BCUT2D eigenvalue weighted by molar-refractivity contribution is 7.99. The molecule has 180 valence electrons. The largest absolute Gasteiger partial charge is 0.497 e. The highest BCUT2D eigenvalue weighted by Gasteiger charge is 2.61. The molecule has 1 amide bonds. The van der Waals surface area contributed by atoms with Crippen molar-refractivity contribution in [3.8, 4) is 17.1 Å². The van der Waals surface area contributed by atoms with Gasteiger partial charge in [-0.25, -0.2) is 0 Å². The smallest absolute Gasteiger partial charge is 0.230 e. The predicted molar refractivity (Wildman–Crippen MR) is 132 cm³/mol. The molecule has 5 rings (SSSR count). The number of nitrogens with one attached hydrogen (secondary N) is 1. The van der Waals surface area contributed by atoms with Crippen molar-refractivity contribution in [1.29, 1.82) is 0 Å². The Hall–Kier alpha value is -2.74. The third-order valence-corrected chi connectivity index (χ3v) is 9.37. The van der Waals surface area contributed by atoms with Crippen LogP contribution in [0.4, 0.5) is 0 Å². The summed E-state index contributed by atoms with van der Waals surface area (Å²) in [7, 11) is 1.64. The second-order valence-electron chi connectivity index (χ2n) is 10.2. The van der Waals surface area contributed by atoms with E-state index in [-0.39, 0.29) is 22.8 Å². The molecule has 2 bridgehead atoms. The molecule has 7 nitrogen and oxygen atoms in total. The highest BCUT2D eigenvalue weighted by Crippen LogP contribution is 2.65. The van der Waals surface area contributed by atoms with Gasteiger partial charge in [0.25, 0.3) is 0 Å². The molecule has 8 heteroatoms. The van der Waals surface area contributed by atoms with Crippen LogP contribution in [0.1, 0.15) is 45.8 Å². The lowest BCUT2D eigenvalue weighted by molar-refractivity contribution is -0.120. The quantitative estimate of drug-likeness (QED) is 0.456. The van der Waals surface area contributed by atoms with Crippen LogP contribution in [-0.4, -0.2) is 39.6 Å². The summed E-state index contributed by atoms with van der Waals surface area (Å²) in [5, 5.41) is 12.9. The Labute approximate surface area is 204 Å². The zero-order chi connectivity index (χ0) is 23.9. The van der Waals surface area contributed by atoms with Crippen LogP contribution in [0.25, 0.3) is 11.4 Å². The maximum absolute atomic E-state index is 13.0. The molecule has 3 aromatic rings. The van der Waals surface area contributed by atoms with Crippen LogP contribution in [-0.2, 0) is 11.3 Å². The van der Waals surface area contributed by atoms with E-state index in [4.69, 9.17) is 9.15 Å². The number of thioether (sulfide) groups is 1. The molecule has 2 saturated carbocycles. The van der Waals surface area contributed by atoms with Crippen molar-refractivity contribution in [2.45, 2.75) is 57.8 Å². The van der Waals surface area contributed by atoms with E-state index < -0.39 is 0 Å². The van der Waals surface area contributed by atoms with Gasteiger partial charge >= 0.3 is 0 Å². The fourth-order valence-electron chi connectivity index (χ4n) is 5.86. The lowest BCUT2D eigenvalue weighted by atomic mass is 9.69. The minimum Gasteiger partial charge on any atom is -0.497 e. The summed E-state index contributed by atoms with van der Waals surface area (Å²) >= 11 is 1.41. The average Bonchev–Trinajstić information content (AvgIpc) is 3.57. The van der Waals surface area contributed by atoms with Gasteiger partial charge in [-0.05, 0) is 60.3 Å². The molecule has 3 atom stereocenters. The van der Waals surface area contributed by atoms with E-state index >= 15 is 0 Å². The van der Waals surface area contributed by atoms with Crippen molar-refractivity contribution in [2.24, 2.45) is 16.7 Å². The Bertz CT molecular complexity index is 1170. The Morgan fingerprint density at radius 1 is 1.26 bits per heavy atom. The summed E-state index contributed by atoms with van der Waals surface area (Å²) in [6.45, 7) is 7.55. The molecule has 34 heavy (non-hydrogen) atoms. The third-order valence-electron chi connectivity index (χ3n) is 8.40. The van der Waals surface area contributed by atoms with E-state index in [9.17, 15) is 4.79 Å². The van der Waals surface area contributed by atoms with Crippen molar-refractivity contribution < 1.29 is 13.9 Å². The normalized spacial score (nSPS) is 24.9. The van der Waals surface area contributed by atoms with E-state index in [1.54, 1.807) is 13.4 Å². The lowest BCUT2D eigenvalue weighted by Gasteiger charge is -2.39. The van der Waals surface area contributed by atoms with Crippen LogP contribution in [0.5, 0.6) is 5.75 Å². The standard InChI is InChI=1S/C26H32N4O3S/c1-25(2)18-10-11-26(25,3)21(14-18)27-22(31)16-34-24-29-28-23(17-7-5-8-19(13-17)32-4)30(24)15-20-9-6-12-33-20/h5-9,12-13,18,21H,10-11,14-16H2,1-4H3,(H,27,31). The Kier molecular flexibility index (Phi) is 5.96. The molecule has 0 aliphatic heterocycles. The van der Waals surface area contributed by atoms with Crippen LogP contribution in [0, 0.1) is 16.7 Å². The number of ether oxygens (including phenoxy) is 1. The summed E-state index contributed by atoms with van der Waals surface area (Å²) in [4.78, 5) is 13.0. The SMILES string of the molecule is COc1cccc(-c2nnc(SCC(=O)NC3CC4CCC3(C)C4(C)C)n2Cc2ccco2)c1. The number of amides is 1. The van der Waals surface area contributed by atoms with Crippen LogP contribution < -0.4 is 10.1 Å². The number of hydrogen-bond acceptors (Lipinski definition) is 6. The van der Waals surface area contributed by atoms with Crippen molar-refractivity contribution in [3.63, 3.8) is 0 Å². The first-order valence-corrected chi connectivity index (χ1v) is 12.8. The number of benzene rings is 1. The molecule has 1 N–H and O–H groups in total. The van der Waals surface area contributed by atoms with Gasteiger partial charge in [0.1, 0.15) is 11.5 Å². The molecule has 0 radical (unpaired) electrons. The first-order valence-electron chi connectivity index (χ1n) is 11.8. The minimum absolute atomic E-state index is 0.0510. The van der Waals surface area contributed by atoms with Gasteiger partial charge in [-0.3, -0.25) is 9.36 Å². The zero-order valence-corrected chi connectivity index (χ0v) is 21.0. The number of methoxy groups -OCH3 is 1. The third kappa shape index (κ3) is 3.91. The molecule has 1 aromatic carbocycles. The number of nitrogens with zero attached hydrogens (tertiary/aromatic N) is 3. The van der Waals surface area contributed by atoms with E-state index in [2.05, 4.69) is 36.3 Å². The minimum atomic E-state index is 0.0510. The molecule has 2 aromatic heterocycles. The fourth-order valence-corrected chi connectivity index (χ4v) is 6.61. The summed E-state index contributed by atoms with van der Waals surface area (Å²) in [5.41, 5.74) is 1.33. The molecule has 2 aliphatic rings. The Balaban J connectivity index is 1.32. The van der Waals surface area contributed by atoms with E-state index in [0.717, 1.165) is 23.5 Å². The zero-order valence-electron chi connectivity index (χ0n) is 20.2. The van der Waals surface area contributed by atoms with Gasteiger partial charge in [-0.15, -0.1) is 10.2 Å². The van der Waals surface area contributed by atoms with Crippen molar-refractivity contribution >= 4 is 17.7 Å². The van der Waals surface area contributed by atoms with Gasteiger partial charge in [0.15, 0.2) is 11.0 Å². The average molecular weight is 481 g/mol. The van der Waals surface area contributed by atoms with Crippen LogP contribution in [0.3, 0.4) is 0 Å². The van der Waals surface area contributed by atoms with Crippen molar-refractivity contribution in [1.82, 2.24) is 20.1 Å². The number of carbonyl (C=O) groups excluding carboxylic acids is 1. The number of rotatable bonds is 8. The number of carbonyl (C=O) groups is 1. The van der Waals surface area contributed by atoms with Crippen LogP contribution in [0.2, 0.25) is 0 Å². The van der Waals surface area contributed by atoms with Gasteiger partial charge in [-0.1, -0.05) is 44.7 Å². The lowest BCUT2D eigenvalue weighted by Crippen LogP contribution is -2.47. The van der Waals surface area contributed by atoms with Crippen molar-refractivity contribution in [2.75, 3.05) is 12.9 Å². The fraction of sp³-hybridized carbons (Fsp3) is 0.500. The Morgan fingerprint density at radius 3 is 2.79 bits per heavy atom. The summed E-state index contributed by atoms with van der Waals surface area (Å²) in [6.07, 6.45) is 5.19. The molecular formula is C26H32N4O3S. The number of aromatic nitrogens is 3. The van der Waals surface area contributed by atoms with Crippen LogP contribution in [0.15, 0.2) is 52.2 Å². The molecule has 2 heterocycles. The van der Waals surface area contributed by atoms with Gasteiger partial charge in [0.2, 0.25) is 5.91 Å². The summed E-state index contributed by atoms with van der Waals surface area (Å²) in [5.74, 6) is 3.30. The summed E-state index contributed by atoms with van der Waals surface area (Å²) < 4.78 is 13.0. The van der Waals surface area contributed by atoms with E-state index in [1.165, 1.54) is 24.6 Å². The molecule has 0 saturated heterocycles. The topological polar surface area (TPSA) is 82.2 Å². The first-order chi connectivity index (χ1) is 16.3. The van der Waals surface area contributed by atoms with E-state index in [1.807, 2.05) is 41.0 Å². The van der Waals surface area contributed by atoms with Gasteiger partial charge in [0, 0.05) is 11.6 Å². The van der Waals surface area contributed by atoms with Crippen LogP contribution >= 0.6 is 11.8 Å². The molecule has 2 fully saturated rings. The number of fused-ring (bicyclic) bond motifs is 2. The monoisotopic (exact) mass is 480 g/mol. The Morgan fingerprint density at radius 2 is 2.12 bits per heavy atom. The predicted octanol–water partition coefficient (Wildman–Crippen LogP) is 5.02. The molecule has 2 aliphatic carbocycles. The second kappa shape index (κ2) is 8.80. The highest BCUT2D eigenvalue weighted by atomic mass is 32.2. The first kappa shape index (κ1) is 23.0. The maximum Gasteiger partial charge on any atom is 0.230 e. The van der Waals surface area contributed by atoms with Gasteiger partial charge in [-0.2, -0.15) is 0 Å². The second-order valence-corrected chi connectivity index (χ2v) is 11.2. The molecule has 3 unspecified atom stereocenters. The van der Waals surface area contributed by atoms with Crippen molar-refractivity contribution in [3.05, 3.63) is 48.4 Å². The van der Waals surface area contributed by atoms with Gasteiger partial charge in [0.05, 0.1) is 25.7 Å². The number of hydrogen-bond donors (Lipinski definition) is 1. The van der Waals surface area contributed by atoms with Gasteiger partial charge < -0.3 is 14.5 Å². The molecular weight excluding hydrogens is 448 g/mol. The number of furan rings is 1. The molecule has 0 spiro atoms. The maximum atomic E-state index is 13.0. The van der Waals surface area contributed by atoms with E-state index in [0.29, 0.717) is 29.2 Å².